The molecule has 0 aliphatic heterocycles. The van der Waals surface area contributed by atoms with Crippen molar-refractivity contribution in [3.8, 4) is 28.4 Å². The number of para-hydroxylation sites is 1. The van der Waals surface area contributed by atoms with E-state index >= 15 is 0 Å². The maximum absolute atomic E-state index is 13.5. The molecule has 47 heavy (non-hydrogen) atoms. The Morgan fingerprint density at radius 1 is 0.809 bits per heavy atom. The van der Waals surface area contributed by atoms with Crippen molar-refractivity contribution in [1.29, 1.82) is 0 Å². The van der Waals surface area contributed by atoms with E-state index in [0.29, 0.717) is 28.5 Å². The number of hydrogen-bond donors (Lipinski definition) is 0. The van der Waals surface area contributed by atoms with Gasteiger partial charge in [-0.1, -0.05) is 97.1 Å². The molecule has 8 nitrogen and oxygen atoms in total. The van der Waals surface area contributed by atoms with Crippen molar-refractivity contribution in [3.05, 3.63) is 153 Å². The number of fused-ring (bicyclic) bond motifs is 1. The Morgan fingerprint density at radius 3 is 2.36 bits per heavy atom. The summed E-state index contributed by atoms with van der Waals surface area (Å²) in [4.78, 5) is 18.6. The van der Waals surface area contributed by atoms with Crippen LogP contribution in [-0.2, 0) is 6.61 Å². The molecule has 232 valence electrons. The van der Waals surface area contributed by atoms with Crippen molar-refractivity contribution in [2.24, 2.45) is 0 Å². The maximum atomic E-state index is 13.5. The second-order valence-electron chi connectivity index (χ2n) is 10.8. The quantitative estimate of drug-likeness (QED) is 0.151. The van der Waals surface area contributed by atoms with E-state index in [0.717, 1.165) is 51.6 Å². The topological polar surface area (TPSA) is 83.5 Å². The van der Waals surface area contributed by atoms with Gasteiger partial charge in [0.25, 0.3) is 5.56 Å². The summed E-state index contributed by atoms with van der Waals surface area (Å²) in [5, 5.41) is 9.41. The van der Waals surface area contributed by atoms with Crippen molar-refractivity contribution in [2.75, 3.05) is 6.61 Å². The SMILES string of the molecule is CCCOc1ccc(/C=C/c2nc3s/c(=C\c4cn(-c5ccccc5)nc4-c4cccc(OCc5ccccc5)c4)c(=O)n3n2)cc1. The molecular formula is C38H31N5O3S. The van der Waals surface area contributed by atoms with Crippen LogP contribution in [0.3, 0.4) is 0 Å². The van der Waals surface area contributed by atoms with Crippen LogP contribution in [0.25, 0.3) is 40.1 Å². The van der Waals surface area contributed by atoms with Gasteiger partial charge in [0.1, 0.15) is 23.8 Å². The fourth-order valence-corrected chi connectivity index (χ4v) is 5.94. The zero-order chi connectivity index (χ0) is 32.0. The van der Waals surface area contributed by atoms with Gasteiger partial charge in [-0.15, -0.1) is 5.10 Å². The molecule has 7 aromatic rings. The largest absolute Gasteiger partial charge is 0.494 e. The number of thiazole rings is 1. The summed E-state index contributed by atoms with van der Waals surface area (Å²) >= 11 is 1.30. The minimum Gasteiger partial charge on any atom is -0.494 e. The predicted molar refractivity (Wildman–Crippen MR) is 187 cm³/mol. The highest BCUT2D eigenvalue weighted by Crippen LogP contribution is 2.28. The van der Waals surface area contributed by atoms with Crippen LogP contribution < -0.4 is 19.6 Å². The van der Waals surface area contributed by atoms with Gasteiger partial charge in [-0.3, -0.25) is 4.79 Å². The summed E-state index contributed by atoms with van der Waals surface area (Å²) in [5.41, 5.74) is 5.16. The first-order valence-electron chi connectivity index (χ1n) is 15.4. The van der Waals surface area contributed by atoms with E-state index in [4.69, 9.17) is 14.6 Å². The van der Waals surface area contributed by atoms with E-state index in [9.17, 15) is 4.79 Å². The van der Waals surface area contributed by atoms with Crippen LogP contribution in [0.5, 0.6) is 11.5 Å². The van der Waals surface area contributed by atoms with E-state index in [1.54, 1.807) is 6.08 Å². The molecule has 3 aromatic heterocycles. The van der Waals surface area contributed by atoms with Crippen LogP contribution >= 0.6 is 11.3 Å². The minimum absolute atomic E-state index is 0.229. The molecule has 0 saturated carbocycles. The van der Waals surface area contributed by atoms with Crippen LogP contribution in [0.1, 0.15) is 35.9 Å². The number of benzene rings is 4. The normalized spacial score (nSPS) is 11.9. The average Bonchev–Trinajstić information content (AvgIpc) is 3.81. The summed E-state index contributed by atoms with van der Waals surface area (Å²) in [6, 6.07) is 35.6. The van der Waals surface area contributed by atoms with E-state index in [1.165, 1.54) is 15.9 Å². The molecule has 0 N–H and O–H groups in total. The van der Waals surface area contributed by atoms with Gasteiger partial charge in [0.15, 0.2) is 5.82 Å². The van der Waals surface area contributed by atoms with E-state index in [1.807, 2.05) is 132 Å². The maximum Gasteiger partial charge on any atom is 0.291 e. The molecule has 0 unspecified atom stereocenters. The first-order valence-corrected chi connectivity index (χ1v) is 16.2. The molecular weight excluding hydrogens is 607 g/mol. The van der Waals surface area contributed by atoms with Gasteiger partial charge in [-0.2, -0.15) is 14.6 Å². The smallest absolute Gasteiger partial charge is 0.291 e. The van der Waals surface area contributed by atoms with E-state index in [2.05, 4.69) is 17.0 Å². The zero-order valence-corrected chi connectivity index (χ0v) is 26.5. The van der Waals surface area contributed by atoms with Crippen molar-refractivity contribution >= 4 is 34.5 Å². The van der Waals surface area contributed by atoms with Gasteiger partial charge in [-0.25, -0.2) is 4.68 Å². The van der Waals surface area contributed by atoms with Gasteiger partial charge >= 0.3 is 0 Å². The fourth-order valence-electron chi connectivity index (χ4n) is 5.03. The third kappa shape index (κ3) is 6.90. The van der Waals surface area contributed by atoms with Gasteiger partial charge in [-0.05, 0) is 66.1 Å². The van der Waals surface area contributed by atoms with Crippen LogP contribution in [0.4, 0.5) is 0 Å². The highest BCUT2D eigenvalue weighted by atomic mass is 32.1. The van der Waals surface area contributed by atoms with Crippen LogP contribution in [0, 0.1) is 0 Å². The first-order chi connectivity index (χ1) is 23.1. The van der Waals surface area contributed by atoms with Crippen molar-refractivity contribution < 1.29 is 9.47 Å². The summed E-state index contributed by atoms with van der Waals surface area (Å²) < 4.78 is 15.5. The molecule has 7 rings (SSSR count). The average molecular weight is 638 g/mol. The molecule has 0 bridgehead atoms. The number of ether oxygens (including phenoxy) is 2. The third-order valence-corrected chi connectivity index (χ3v) is 8.34. The van der Waals surface area contributed by atoms with E-state index in [-0.39, 0.29) is 5.56 Å². The molecule has 0 aliphatic rings. The molecule has 0 fully saturated rings. The summed E-state index contributed by atoms with van der Waals surface area (Å²) in [6.45, 7) is 3.23. The fraction of sp³-hybridized carbons (Fsp3) is 0.105. The van der Waals surface area contributed by atoms with Crippen molar-refractivity contribution in [3.63, 3.8) is 0 Å². The summed E-state index contributed by atoms with van der Waals surface area (Å²) in [6.07, 6.45) is 8.48. The van der Waals surface area contributed by atoms with Crippen LogP contribution in [0.15, 0.2) is 120 Å². The van der Waals surface area contributed by atoms with Gasteiger partial charge in [0, 0.05) is 17.3 Å². The highest BCUT2D eigenvalue weighted by Gasteiger charge is 2.15. The Morgan fingerprint density at radius 2 is 1.60 bits per heavy atom. The van der Waals surface area contributed by atoms with Crippen molar-refractivity contribution in [2.45, 2.75) is 20.0 Å². The lowest BCUT2D eigenvalue weighted by atomic mass is 10.1. The lowest BCUT2D eigenvalue weighted by Gasteiger charge is -2.08. The Kier molecular flexibility index (Phi) is 8.70. The summed E-state index contributed by atoms with van der Waals surface area (Å²) in [5.74, 6) is 2.04. The number of nitrogens with zero attached hydrogens (tertiary/aromatic N) is 5. The molecule has 4 aromatic carbocycles. The van der Waals surface area contributed by atoms with Gasteiger partial charge in [0.05, 0.1) is 16.8 Å². The second kappa shape index (κ2) is 13.7. The zero-order valence-electron chi connectivity index (χ0n) is 25.7. The Hall–Kier alpha value is -5.80. The Balaban J connectivity index is 1.19. The third-order valence-electron chi connectivity index (χ3n) is 7.38. The predicted octanol–water partition coefficient (Wildman–Crippen LogP) is 7.09. The molecule has 0 amide bonds. The second-order valence-corrected chi connectivity index (χ2v) is 11.9. The highest BCUT2D eigenvalue weighted by molar-refractivity contribution is 7.15. The molecule has 9 heteroatoms. The number of aromatic nitrogens is 5. The Bertz CT molecular complexity index is 2260. The Labute approximate surface area is 275 Å². The van der Waals surface area contributed by atoms with Crippen LogP contribution in [0.2, 0.25) is 0 Å². The van der Waals surface area contributed by atoms with Gasteiger partial charge in [0.2, 0.25) is 4.96 Å². The number of hydrogen-bond acceptors (Lipinski definition) is 7. The molecule has 0 spiro atoms. The lowest BCUT2D eigenvalue weighted by Crippen LogP contribution is -2.23. The first kappa shape index (κ1) is 29.9. The number of rotatable bonds is 11. The molecule has 0 atom stereocenters. The molecule has 0 radical (unpaired) electrons. The van der Waals surface area contributed by atoms with E-state index < -0.39 is 0 Å². The lowest BCUT2D eigenvalue weighted by molar-refractivity contribution is 0.306. The monoisotopic (exact) mass is 637 g/mol. The molecule has 3 heterocycles. The molecule has 0 aliphatic carbocycles. The van der Waals surface area contributed by atoms with Crippen LogP contribution in [-0.4, -0.2) is 31.0 Å². The standard InChI is InChI=1S/C38H31N5O3S/c1-2-22-45-32-19-16-27(17-20-32)18-21-35-39-38-43(40-35)37(44)34(47-38)24-30-25-42(31-13-7-4-8-14-31)41-36(30)29-12-9-15-33(23-29)46-26-28-10-5-3-6-11-28/h3-21,23-25H,2,22,26H2,1H3/b21-18+,34-24-. The molecule has 0 saturated heterocycles. The van der Waals surface area contributed by atoms with Gasteiger partial charge < -0.3 is 9.47 Å². The van der Waals surface area contributed by atoms with Crippen molar-refractivity contribution in [1.82, 2.24) is 24.4 Å². The minimum atomic E-state index is -0.229. The summed E-state index contributed by atoms with van der Waals surface area (Å²) in [7, 11) is 0.